The van der Waals surface area contributed by atoms with E-state index >= 15 is 0 Å². The number of hydrogen-bond acceptors (Lipinski definition) is 3. The van der Waals surface area contributed by atoms with Crippen LogP contribution in [0.5, 0.6) is 0 Å². The van der Waals surface area contributed by atoms with Crippen molar-refractivity contribution >= 4 is 17.9 Å². The normalized spacial score (nSPS) is 10.1. The summed E-state index contributed by atoms with van der Waals surface area (Å²) in [7, 11) is 0. The molecule has 0 amide bonds. The maximum Gasteiger partial charge on any atom is 0.328 e. The summed E-state index contributed by atoms with van der Waals surface area (Å²) < 4.78 is 0. The van der Waals surface area contributed by atoms with E-state index in [2.05, 4.69) is 6.92 Å². The van der Waals surface area contributed by atoms with E-state index in [1.807, 2.05) is 0 Å². The van der Waals surface area contributed by atoms with E-state index in [0.717, 1.165) is 12.8 Å². The van der Waals surface area contributed by atoms with Gasteiger partial charge < -0.3 is 15.3 Å². The molecule has 29 heavy (non-hydrogen) atoms. The van der Waals surface area contributed by atoms with Crippen molar-refractivity contribution in [1.29, 1.82) is 0 Å². The predicted octanol–water partition coefficient (Wildman–Crippen LogP) is 6.04. The van der Waals surface area contributed by atoms with Crippen LogP contribution in [0.2, 0.25) is 0 Å². The quantitative estimate of drug-likeness (QED) is 0.132. The second-order valence-corrected chi connectivity index (χ2v) is 7.10. The molecule has 7 heteroatoms. The van der Waals surface area contributed by atoms with Gasteiger partial charge in [-0.25, -0.2) is 9.59 Å². The summed E-state index contributed by atoms with van der Waals surface area (Å²) in [6, 6.07) is 0. The molecule has 0 aliphatic carbocycles. The van der Waals surface area contributed by atoms with E-state index in [-0.39, 0.29) is 17.1 Å². The number of carboxylic acid groups (broad SMARTS) is 3. The van der Waals surface area contributed by atoms with Crippen LogP contribution in [0.1, 0.15) is 110 Å². The first-order chi connectivity index (χ1) is 13.4. The van der Waals surface area contributed by atoms with E-state index in [1.54, 1.807) is 0 Å². The first kappa shape index (κ1) is 32.3. The van der Waals surface area contributed by atoms with E-state index in [9.17, 15) is 14.4 Å². The average Bonchev–Trinajstić information content (AvgIpc) is 2.63. The summed E-state index contributed by atoms with van der Waals surface area (Å²) in [5.74, 6) is -3.17. The molecular formula is C22H40FeO6. The van der Waals surface area contributed by atoms with Crippen molar-refractivity contribution in [3.63, 3.8) is 0 Å². The topological polar surface area (TPSA) is 112 Å². The molecule has 0 heterocycles. The van der Waals surface area contributed by atoms with Gasteiger partial charge in [0.2, 0.25) is 0 Å². The van der Waals surface area contributed by atoms with E-state index in [1.165, 1.54) is 83.5 Å². The summed E-state index contributed by atoms with van der Waals surface area (Å²) in [6.45, 7) is 2.27. The van der Waals surface area contributed by atoms with Crippen molar-refractivity contribution in [2.24, 2.45) is 0 Å². The second kappa shape index (κ2) is 26.7. The first-order valence-electron chi connectivity index (χ1n) is 10.8. The van der Waals surface area contributed by atoms with Crippen LogP contribution in [0.4, 0.5) is 0 Å². The van der Waals surface area contributed by atoms with Crippen molar-refractivity contribution in [3.05, 3.63) is 12.2 Å². The molecular weight excluding hydrogens is 416 g/mol. The largest absolute Gasteiger partial charge is 0.481 e. The monoisotopic (exact) mass is 456 g/mol. The maximum absolute atomic E-state index is 10.3. The van der Waals surface area contributed by atoms with Crippen molar-refractivity contribution in [2.45, 2.75) is 110 Å². The van der Waals surface area contributed by atoms with Gasteiger partial charge in [0.15, 0.2) is 0 Å². The Hall–Kier alpha value is -1.33. The molecule has 0 aliphatic heterocycles. The Bertz CT molecular complexity index is 408. The summed E-state index contributed by atoms with van der Waals surface area (Å²) in [6.07, 6.45) is 21.3. The molecule has 6 nitrogen and oxygen atoms in total. The van der Waals surface area contributed by atoms with Crippen molar-refractivity contribution in [3.8, 4) is 0 Å². The molecule has 0 aromatic rings. The summed E-state index contributed by atoms with van der Waals surface area (Å²) >= 11 is 0. The van der Waals surface area contributed by atoms with Crippen molar-refractivity contribution in [2.75, 3.05) is 0 Å². The molecule has 0 atom stereocenters. The van der Waals surface area contributed by atoms with Crippen LogP contribution in [-0.4, -0.2) is 33.2 Å². The van der Waals surface area contributed by atoms with E-state index < -0.39 is 17.9 Å². The predicted molar refractivity (Wildman–Crippen MR) is 112 cm³/mol. The zero-order valence-electron chi connectivity index (χ0n) is 17.9. The molecule has 0 bridgehead atoms. The molecule has 0 saturated carbocycles. The molecule has 0 radical (unpaired) electrons. The van der Waals surface area contributed by atoms with Gasteiger partial charge in [-0.1, -0.05) is 96.8 Å². The Morgan fingerprint density at radius 3 is 1.07 bits per heavy atom. The Balaban J connectivity index is -0.000000636. The van der Waals surface area contributed by atoms with Gasteiger partial charge in [-0.05, 0) is 6.42 Å². The molecule has 0 rings (SSSR count). The number of carboxylic acids is 3. The van der Waals surface area contributed by atoms with Gasteiger partial charge in [0.05, 0.1) is 0 Å². The van der Waals surface area contributed by atoms with Gasteiger partial charge in [0.1, 0.15) is 0 Å². The summed E-state index contributed by atoms with van der Waals surface area (Å²) in [5.41, 5.74) is 0. The third-order valence-electron chi connectivity index (χ3n) is 4.36. The van der Waals surface area contributed by atoms with Crippen LogP contribution >= 0.6 is 0 Å². The third-order valence-corrected chi connectivity index (χ3v) is 4.36. The summed E-state index contributed by atoms with van der Waals surface area (Å²) in [5, 5.41) is 24.1. The SMILES string of the molecule is CCCCCCCCCCCCCCCCCC(=O)O.O=C(O)/C=C/C(=O)O.[Fe]. The van der Waals surface area contributed by atoms with E-state index in [0.29, 0.717) is 18.6 Å². The minimum absolute atomic E-state index is 0. The van der Waals surface area contributed by atoms with Crippen LogP contribution in [0, 0.1) is 0 Å². The minimum Gasteiger partial charge on any atom is -0.481 e. The molecule has 0 spiro atoms. The standard InChI is InChI=1S/C18H36O2.C4H4O4.Fe/c1-2-3-4-5-6-7-8-9-10-11-12-13-14-15-16-17-18(19)20;5-3(6)1-2-4(7)8;/h2-17H2,1H3,(H,19,20);1-2H,(H,5,6)(H,7,8);/b;2-1+;. The van der Waals surface area contributed by atoms with Gasteiger partial charge in [-0.2, -0.15) is 0 Å². The number of hydrogen-bond donors (Lipinski definition) is 3. The zero-order valence-corrected chi connectivity index (χ0v) is 19.0. The Kier molecular flexibility index (Phi) is 29.7. The van der Waals surface area contributed by atoms with Gasteiger partial charge in [0.25, 0.3) is 0 Å². The average molecular weight is 456 g/mol. The molecule has 3 N–H and O–H groups in total. The number of aliphatic carboxylic acids is 3. The molecule has 0 fully saturated rings. The van der Waals surface area contributed by atoms with Gasteiger partial charge in [-0.3, -0.25) is 4.79 Å². The Morgan fingerprint density at radius 1 is 0.552 bits per heavy atom. The minimum atomic E-state index is -1.26. The van der Waals surface area contributed by atoms with Crippen molar-refractivity contribution in [1.82, 2.24) is 0 Å². The van der Waals surface area contributed by atoms with Crippen LogP contribution in [0.15, 0.2) is 12.2 Å². The first-order valence-corrected chi connectivity index (χ1v) is 10.8. The Morgan fingerprint density at radius 2 is 0.828 bits per heavy atom. The van der Waals surface area contributed by atoms with Crippen molar-refractivity contribution < 1.29 is 46.8 Å². The maximum atomic E-state index is 10.3. The van der Waals surface area contributed by atoms with Gasteiger partial charge in [0, 0.05) is 35.6 Å². The van der Waals surface area contributed by atoms with Crippen LogP contribution < -0.4 is 0 Å². The number of rotatable bonds is 18. The smallest absolute Gasteiger partial charge is 0.328 e. The number of unbranched alkanes of at least 4 members (excludes halogenated alkanes) is 14. The molecule has 0 aromatic carbocycles. The third kappa shape index (κ3) is 38.0. The molecule has 0 saturated heterocycles. The molecule has 172 valence electrons. The fraction of sp³-hybridized carbons (Fsp3) is 0.773. The summed E-state index contributed by atoms with van der Waals surface area (Å²) in [4.78, 5) is 29.4. The van der Waals surface area contributed by atoms with E-state index in [4.69, 9.17) is 15.3 Å². The fourth-order valence-corrected chi connectivity index (χ4v) is 2.79. The zero-order chi connectivity index (χ0) is 21.5. The molecule has 0 aliphatic rings. The molecule has 0 aromatic heterocycles. The van der Waals surface area contributed by atoms with Crippen LogP contribution in [-0.2, 0) is 31.5 Å². The van der Waals surface area contributed by atoms with Crippen LogP contribution in [0.3, 0.4) is 0 Å². The van der Waals surface area contributed by atoms with Gasteiger partial charge >= 0.3 is 17.9 Å². The molecule has 0 unspecified atom stereocenters. The number of carbonyl (C=O) groups is 3. The fourth-order valence-electron chi connectivity index (χ4n) is 2.79. The second-order valence-electron chi connectivity index (χ2n) is 7.10. The van der Waals surface area contributed by atoms with Gasteiger partial charge in [-0.15, -0.1) is 0 Å². The Labute approximate surface area is 186 Å². The van der Waals surface area contributed by atoms with Crippen LogP contribution in [0.25, 0.3) is 0 Å².